The maximum Gasteiger partial charge on any atom is 0.416 e. The molecule has 2 aliphatic rings. The van der Waals surface area contributed by atoms with E-state index in [4.69, 9.17) is 10.5 Å². The topological polar surface area (TPSA) is 110 Å². The van der Waals surface area contributed by atoms with Crippen LogP contribution in [0, 0.1) is 5.92 Å². The summed E-state index contributed by atoms with van der Waals surface area (Å²) >= 11 is 0. The van der Waals surface area contributed by atoms with Gasteiger partial charge in [0.2, 0.25) is 5.91 Å². The van der Waals surface area contributed by atoms with E-state index < -0.39 is 17.6 Å². The van der Waals surface area contributed by atoms with Crippen molar-refractivity contribution < 1.29 is 27.5 Å². The fourth-order valence-corrected chi connectivity index (χ4v) is 4.74. The van der Waals surface area contributed by atoms with Crippen LogP contribution in [-0.2, 0) is 17.4 Å². The number of ether oxygens (including phenoxy) is 1. The lowest BCUT2D eigenvalue weighted by Crippen LogP contribution is -2.20. The number of rotatable bonds is 6. The fraction of sp³-hybridized carbons (Fsp3) is 0.333. The van der Waals surface area contributed by atoms with Gasteiger partial charge in [0.1, 0.15) is 11.4 Å². The van der Waals surface area contributed by atoms with Crippen molar-refractivity contribution >= 4 is 23.2 Å². The van der Waals surface area contributed by atoms with E-state index in [9.17, 15) is 22.8 Å². The molecule has 0 spiro atoms. The Labute approximate surface area is 217 Å². The minimum absolute atomic E-state index is 0.0231. The van der Waals surface area contributed by atoms with E-state index in [2.05, 4.69) is 15.3 Å². The Morgan fingerprint density at radius 2 is 1.92 bits per heavy atom. The first kappa shape index (κ1) is 25.5. The molecule has 0 bridgehead atoms. The summed E-state index contributed by atoms with van der Waals surface area (Å²) in [4.78, 5) is 34.8. The number of nitrogens with one attached hydrogen (secondary N) is 1. The van der Waals surface area contributed by atoms with E-state index in [0.717, 1.165) is 18.6 Å². The third-order valence-electron chi connectivity index (χ3n) is 6.74. The Morgan fingerprint density at radius 3 is 2.61 bits per heavy atom. The molecule has 0 unspecified atom stereocenters. The van der Waals surface area contributed by atoms with Gasteiger partial charge < -0.3 is 20.7 Å². The van der Waals surface area contributed by atoms with Crippen molar-refractivity contribution in [2.75, 3.05) is 24.6 Å². The first-order valence-electron chi connectivity index (χ1n) is 12.4. The Hall–Kier alpha value is -4.15. The molecule has 5 rings (SSSR count). The number of alkyl halides is 3. The molecule has 2 amide bonds. The highest BCUT2D eigenvalue weighted by Crippen LogP contribution is 2.39. The van der Waals surface area contributed by atoms with Gasteiger partial charge >= 0.3 is 6.18 Å². The van der Waals surface area contributed by atoms with Crippen LogP contribution in [0.15, 0.2) is 48.5 Å². The average molecular weight is 526 g/mol. The molecule has 8 nitrogen and oxygen atoms in total. The van der Waals surface area contributed by atoms with E-state index in [0.29, 0.717) is 73.2 Å². The van der Waals surface area contributed by atoms with Gasteiger partial charge in [-0.1, -0.05) is 0 Å². The molecule has 11 heteroatoms. The highest BCUT2D eigenvalue weighted by atomic mass is 19.4. The minimum atomic E-state index is -4.41. The van der Waals surface area contributed by atoms with E-state index >= 15 is 0 Å². The molecule has 198 valence electrons. The lowest BCUT2D eigenvalue weighted by atomic mass is 10.00. The number of nitrogens with zero attached hydrogens (tertiary/aromatic N) is 3. The number of hydrogen-bond donors (Lipinski definition) is 2. The summed E-state index contributed by atoms with van der Waals surface area (Å²) in [5.41, 5.74) is 7.40. The number of anilines is 2. The number of carbonyl (C=O) groups is 2. The van der Waals surface area contributed by atoms with Crippen LogP contribution < -0.4 is 20.7 Å². The number of hydrogen-bond acceptors (Lipinski definition) is 6. The molecule has 3 aromatic rings. The first-order chi connectivity index (χ1) is 18.2. The summed E-state index contributed by atoms with van der Waals surface area (Å²) < 4.78 is 45.1. The molecule has 3 N–H and O–H groups in total. The van der Waals surface area contributed by atoms with Gasteiger partial charge in [0, 0.05) is 36.0 Å². The zero-order chi connectivity index (χ0) is 26.9. The van der Waals surface area contributed by atoms with Crippen molar-refractivity contribution in [3.05, 3.63) is 65.5 Å². The second-order valence-corrected chi connectivity index (χ2v) is 9.33. The number of amides is 2. The quantitative estimate of drug-likeness (QED) is 0.498. The van der Waals surface area contributed by atoms with Crippen molar-refractivity contribution in [1.29, 1.82) is 0 Å². The van der Waals surface area contributed by atoms with Gasteiger partial charge in [-0.25, -0.2) is 9.97 Å². The van der Waals surface area contributed by atoms with E-state index in [1.165, 1.54) is 12.1 Å². The van der Waals surface area contributed by atoms with Crippen LogP contribution in [0.2, 0.25) is 0 Å². The molecular formula is C27H26F3N5O3. The van der Waals surface area contributed by atoms with Gasteiger partial charge in [-0.3, -0.25) is 9.59 Å². The van der Waals surface area contributed by atoms with Crippen molar-refractivity contribution in [1.82, 2.24) is 15.3 Å². The number of nitrogens with two attached hydrogens (primary N) is 1. The zero-order valence-corrected chi connectivity index (χ0v) is 20.4. The average Bonchev–Trinajstić information content (AvgIpc) is 3.19. The second-order valence-electron chi connectivity index (χ2n) is 9.33. The number of benzene rings is 2. The number of aromatic nitrogens is 2. The minimum Gasteiger partial charge on any atom is -0.491 e. The standard InChI is InChI=1S/C27H26F3N5O3/c28-27(29,30)18-4-7-20(8-5-18)35-12-1-13-38-23-14-17(3-9-22(23)35)25-33-19(15-21(34-25)24(31)36)6-2-16-10-11-32-26(16)37/h3-5,7-9,14-16H,1-2,6,10-13H2,(H2,31,36)(H,32,37)/t16-/m0/s1. The highest BCUT2D eigenvalue weighted by molar-refractivity contribution is 5.91. The monoisotopic (exact) mass is 525 g/mol. The van der Waals surface area contributed by atoms with Crippen LogP contribution in [0.5, 0.6) is 5.75 Å². The normalized spacial score (nSPS) is 17.4. The molecule has 1 fully saturated rings. The predicted octanol–water partition coefficient (Wildman–Crippen LogP) is 4.25. The maximum atomic E-state index is 13.0. The molecule has 0 aliphatic carbocycles. The SMILES string of the molecule is NC(=O)c1cc(CC[C@H]2CCNC2=O)nc(-c2ccc3c(c2)OCCCN3c2ccc(C(F)(F)F)cc2)n1. The summed E-state index contributed by atoms with van der Waals surface area (Å²) in [6.07, 6.45) is -1.91. The van der Waals surface area contributed by atoms with Gasteiger partial charge in [-0.15, -0.1) is 0 Å². The van der Waals surface area contributed by atoms with Crippen LogP contribution in [0.25, 0.3) is 11.4 Å². The Kier molecular flexibility index (Phi) is 6.92. The maximum absolute atomic E-state index is 13.0. The summed E-state index contributed by atoms with van der Waals surface area (Å²) in [6, 6.07) is 11.9. The summed E-state index contributed by atoms with van der Waals surface area (Å²) in [6.45, 7) is 1.64. The summed E-state index contributed by atoms with van der Waals surface area (Å²) in [5, 5.41) is 2.82. The third-order valence-corrected chi connectivity index (χ3v) is 6.74. The van der Waals surface area contributed by atoms with Crippen LogP contribution in [0.4, 0.5) is 24.5 Å². The third kappa shape index (κ3) is 5.41. The Morgan fingerprint density at radius 1 is 1.13 bits per heavy atom. The van der Waals surface area contributed by atoms with Crippen molar-refractivity contribution in [3.63, 3.8) is 0 Å². The van der Waals surface area contributed by atoms with Crippen LogP contribution in [0.1, 0.15) is 41.0 Å². The zero-order valence-electron chi connectivity index (χ0n) is 20.4. The summed E-state index contributed by atoms with van der Waals surface area (Å²) in [5.74, 6) is 0.0616. The predicted molar refractivity (Wildman–Crippen MR) is 134 cm³/mol. The lowest BCUT2D eigenvalue weighted by molar-refractivity contribution is -0.137. The molecule has 38 heavy (non-hydrogen) atoms. The molecular weight excluding hydrogens is 499 g/mol. The number of primary amides is 1. The van der Waals surface area contributed by atoms with Crippen LogP contribution >= 0.6 is 0 Å². The van der Waals surface area contributed by atoms with Gasteiger partial charge in [0.05, 0.1) is 17.9 Å². The molecule has 2 aliphatic heterocycles. The number of aryl methyl sites for hydroxylation is 1. The first-order valence-corrected chi connectivity index (χ1v) is 12.4. The van der Waals surface area contributed by atoms with E-state index in [1.807, 2.05) is 4.90 Å². The number of fused-ring (bicyclic) bond motifs is 1. The lowest BCUT2D eigenvalue weighted by Gasteiger charge is -2.24. The largest absolute Gasteiger partial charge is 0.491 e. The fourth-order valence-electron chi connectivity index (χ4n) is 4.74. The van der Waals surface area contributed by atoms with Crippen molar-refractivity contribution in [2.24, 2.45) is 11.7 Å². The molecule has 1 saturated heterocycles. The molecule has 0 saturated carbocycles. The Balaban J connectivity index is 1.45. The van der Waals surface area contributed by atoms with Crippen LogP contribution in [-0.4, -0.2) is 41.5 Å². The smallest absolute Gasteiger partial charge is 0.416 e. The highest BCUT2D eigenvalue weighted by Gasteiger charge is 2.30. The molecule has 3 heterocycles. The molecule has 2 aromatic carbocycles. The Bertz CT molecular complexity index is 1360. The molecule has 1 atom stereocenters. The number of carbonyl (C=O) groups excluding carboxylic acids is 2. The molecule has 1 aromatic heterocycles. The van der Waals surface area contributed by atoms with Crippen LogP contribution in [0.3, 0.4) is 0 Å². The van der Waals surface area contributed by atoms with Crippen molar-refractivity contribution in [3.8, 4) is 17.1 Å². The molecule has 0 radical (unpaired) electrons. The van der Waals surface area contributed by atoms with E-state index in [1.54, 1.807) is 24.3 Å². The van der Waals surface area contributed by atoms with Gasteiger partial charge in [0.15, 0.2) is 5.82 Å². The van der Waals surface area contributed by atoms with Crippen molar-refractivity contribution in [2.45, 2.75) is 31.9 Å². The van der Waals surface area contributed by atoms with Gasteiger partial charge in [-0.05, 0) is 74.2 Å². The van der Waals surface area contributed by atoms with E-state index in [-0.39, 0.29) is 17.5 Å². The van der Waals surface area contributed by atoms with Gasteiger partial charge in [-0.2, -0.15) is 13.2 Å². The van der Waals surface area contributed by atoms with Gasteiger partial charge in [0.25, 0.3) is 5.91 Å². The number of halogens is 3. The summed E-state index contributed by atoms with van der Waals surface area (Å²) in [7, 11) is 0. The second kappa shape index (κ2) is 10.3.